The molecule has 2 aliphatic heterocycles. The molecule has 3 rings (SSSR count). The van der Waals surface area contributed by atoms with Gasteiger partial charge < -0.3 is 19.7 Å². The minimum atomic E-state index is -0.122. The first-order valence-corrected chi connectivity index (χ1v) is 8.08. The molecule has 0 spiro atoms. The molecule has 1 fully saturated rings. The fourth-order valence-corrected chi connectivity index (χ4v) is 3.03. The number of hydrogen-bond acceptors (Lipinski definition) is 4. The van der Waals surface area contributed by atoms with Crippen LogP contribution in [-0.2, 0) is 14.3 Å². The van der Waals surface area contributed by atoms with E-state index in [-0.39, 0.29) is 37.0 Å². The fourth-order valence-electron chi connectivity index (χ4n) is 3.03. The third-order valence-electron chi connectivity index (χ3n) is 4.28. The monoisotopic (exact) mass is 318 g/mol. The van der Waals surface area contributed by atoms with Crippen LogP contribution in [0, 0.1) is 0 Å². The third-order valence-corrected chi connectivity index (χ3v) is 4.28. The fraction of sp³-hybridized carbons (Fsp3) is 0.529. The lowest BCUT2D eigenvalue weighted by molar-refractivity contribution is -0.123. The van der Waals surface area contributed by atoms with Crippen molar-refractivity contribution in [1.82, 2.24) is 5.32 Å². The maximum absolute atomic E-state index is 12.1. The van der Waals surface area contributed by atoms with E-state index in [2.05, 4.69) is 5.32 Å². The Morgan fingerprint density at radius 2 is 2.26 bits per heavy atom. The topological polar surface area (TPSA) is 67.9 Å². The molecule has 2 atom stereocenters. The Labute approximate surface area is 135 Å². The highest BCUT2D eigenvalue weighted by atomic mass is 16.5. The summed E-state index contributed by atoms with van der Waals surface area (Å²) in [6, 6.07) is 7.38. The lowest BCUT2D eigenvalue weighted by Crippen LogP contribution is -2.44. The third kappa shape index (κ3) is 3.64. The highest BCUT2D eigenvalue weighted by Crippen LogP contribution is 2.31. The SMILES string of the molecule is C[C@@H](NC(=O)CCN1C(=O)COc2ccccc21)[C@H]1CCCO1. The van der Waals surface area contributed by atoms with Gasteiger partial charge in [0.05, 0.1) is 17.8 Å². The number of rotatable bonds is 5. The summed E-state index contributed by atoms with van der Waals surface area (Å²) >= 11 is 0. The number of amides is 2. The molecule has 0 saturated carbocycles. The van der Waals surface area contributed by atoms with Gasteiger partial charge in [0.2, 0.25) is 5.91 Å². The largest absolute Gasteiger partial charge is 0.482 e. The normalized spacial score (nSPS) is 21.5. The number of anilines is 1. The second-order valence-corrected chi connectivity index (χ2v) is 5.96. The van der Waals surface area contributed by atoms with E-state index in [4.69, 9.17) is 9.47 Å². The molecule has 0 unspecified atom stereocenters. The Hall–Kier alpha value is -2.08. The Balaban J connectivity index is 1.55. The van der Waals surface area contributed by atoms with E-state index in [9.17, 15) is 9.59 Å². The molecule has 0 aliphatic carbocycles. The van der Waals surface area contributed by atoms with Crippen LogP contribution < -0.4 is 15.0 Å². The average Bonchev–Trinajstić information content (AvgIpc) is 3.08. The Morgan fingerprint density at radius 3 is 3.04 bits per heavy atom. The van der Waals surface area contributed by atoms with E-state index in [0.29, 0.717) is 12.3 Å². The number of ether oxygens (including phenoxy) is 2. The minimum absolute atomic E-state index is 0.00215. The van der Waals surface area contributed by atoms with E-state index in [0.717, 1.165) is 25.1 Å². The van der Waals surface area contributed by atoms with Crippen molar-refractivity contribution in [3.05, 3.63) is 24.3 Å². The smallest absolute Gasteiger partial charge is 0.265 e. The highest BCUT2D eigenvalue weighted by Gasteiger charge is 2.27. The molecular weight excluding hydrogens is 296 g/mol. The van der Waals surface area contributed by atoms with Gasteiger partial charge in [-0.1, -0.05) is 12.1 Å². The number of fused-ring (bicyclic) bond motifs is 1. The molecule has 1 aromatic carbocycles. The van der Waals surface area contributed by atoms with Crippen molar-refractivity contribution in [3.8, 4) is 5.75 Å². The number of benzene rings is 1. The van der Waals surface area contributed by atoms with E-state index in [1.165, 1.54) is 0 Å². The number of nitrogens with zero attached hydrogens (tertiary/aromatic N) is 1. The lowest BCUT2D eigenvalue weighted by Gasteiger charge is -2.29. The van der Waals surface area contributed by atoms with E-state index < -0.39 is 0 Å². The van der Waals surface area contributed by atoms with Gasteiger partial charge >= 0.3 is 0 Å². The summed E-state index contributed by atoms with van der Waals surface area (Å²) in [6.07, 6.45) is 2.39. The lowest BCUT2D eigenvalue weighted by atomic mass is 10.1. The first kappa shape index (κ1) is 15.8. The summed E-state index contributed by atoms with van der Waals surface area (Å²) in [5.74, 6) is 0.494. The van der Waals surface area contributed by atoms with Crippen molar-refractivity contribution in [2.24, 2.45) is 0 Å². The van der Waals surface area contributed by atoms with Crippen molar-refractivity contribution in [1.29, 1.82) is 0 Å². The van der Waals surface area contributed by atoms with Crippen LogP contribution in [0.1, 0.15) is 26.2 Å². The molecule has 23 heavy (non-hydrogen) atoms. The molecule has 124 valence electrons. The van der Waals surface area contributed by atoms with Gasteiger partial charge in [-0.15, -0.1) is 0 Å². The van der Waals surface area contributed by atoms with Crippen LogP contribution in [0.4, 0.5) is 5.69 Å². The molecule has 1 saturated heterocycles. The highest BCUT2D eigenvalue weighted by molar-refractivity contribution is 5.98. The molecule has 6 heteroatoms. The van der Waals surface area contributed by atoms with Crippen molar-refractivity contribution in [3.63, 3.8) is 0 Å². The molecule has 2 aliphatic rings. The van der Waals surface area contributed by atoms with Gasteiger partial charge in [-0.05, 0) is 31.9 Å². The predicted molar refractivity (Wildman–Crippen MR) is 85.5 cm³/mol. The molecule has 0 aromatic heterocycles. The van der Waals surface area contributed by atoms with Crippen molar-refractivity contribution in [2.75, 3.05) is 24.7 Å². The molecular formula is C17H22N2O4. The van der Waals surface area contributed by atoms with Crippen LogP contribution >= 0.6 is 0 Å². The van der Waals surface area contributed by atoms with Gasteiger partial charge in [0.25, 0.3) is 5.91 Å². The minimum Gasteiger partial charge on any atom is -0.482 e. The summed E-state index contributed by atoms with van der Waals surface area (Å²) < 4.78 is 11.0. The average molecular weight is 318 g/mol. The number of nitrogens with one attached hydrogen (secondary N) is 1. The first-order chi connectivity index (χ1) is 11.1. The van der Waals surface area contributed by atoms with Gasteiger partial charge in [0.15, 0.2) is 6.61 Å². The van der Waals surface area contributed by atoms with Crippen LogP contribution in [0.5, 0.6) is 5.75 Å². The molecule has 2 heterocycles. The number of para-hydroxylation sites is 2. The second kappa shape index (κ2) is 7.00. The quantitative estimate of drug-likeness (QED) is 0.893. The number of hydrogen-bond donors (Lipinski definition) is 1. The maximum Gasteiger partial charge on any atom is 0.265 e. The zero-order valence-corrected chi connectivity index (χ0v) is 13.3. The molecule has 0 bridgehead atoms. The van der Waals surface area contributed by atoms with Crippen LogP contribution in [0.3, 0.4) is 0 Å². The van der Waals surface area contributed by atoms with Crippen LogP contribution in [-0.4, -0.2) is 43.7 Å². The zero-order chi connectivity index (χ0) is 16.2. The predicted octanol–water partition coefficient (Wildman–Crippen LogP) is 1.49. The maximum atomic E-state index is 12.1. The summed E-state index contributed by atoms with van der Waals surface area (Å²) in [4.78, 5) is 25.8. The molecule has 1 aromatic rings. The van der Waals surface area contributed by atoms with Crippen LogP contribution in [0.25, 0.3) is 0 Å². The number of carbonyl (C=O) groups is 2. The van der Waals surface area contributed by atoms with Crippen molar-refractivity contribution < 1.29 is 19.1 Å². The van der Waals surface area contributed by atoms with Gasteiger partial charge in [0, 0.05) is 19.6 Å². The van der Waals surface area contributed by atoms with Crippen LogP contribution in [0.2, 0.25) is 0 Å². The Kier molecular flexibility index (Phi) is 4.81. The molecule has 0 radical (unpaired) electrons. The van der Waals surface area contributed by atoms with E-state index in [1.807, 2.05) is 31.2 Å². The van der Waals surface area contributed by atoms with Gasteiger partial charge in [-0.3, -0.25) is 9.59 Å². The molecule has 2 amide bonds. The van der Waals surface area contributed by atoms with Crippen LogP contribution in [0.15, 0.2) is 24.3 Å². The van der Waals surface area contributed by atoms with Crippen molar-refractivity contribution in [2.45, 2.75) is 38.3 Å². The van der Waals surface area contributed by atoms with E-state index in [1.54, 1.807) is 4.90 Å². The van der Waals surface area contributed by atoms with Gasteiger partial charge in [-0.2, -0.15) is 0 Å². The van der Waals surface area contributed by atoms with Crippen molar-refractivity contribution >= 4 is 17.5 Å². The molecule has 1 N–H and O–H groups in total. The summed E-state index contributed by atoms with van der Waals surface area (Å²) in [5, 5.41) is 2.97. The first-order valence-electron chi connectivity index (χ1n) is 8.08. The van der Waals surface area contributed by atoms with Gasteiger partial charge in [-0.25, -0.2) is 0 Å². The van der Waals surface area contributed by atoms with Gasteiger partial charge in [0.1, 0.15) is 5.75 Å². The zero-order valence-electron chi connectivity index (χ0n) is 13.3. The standard InChI is InChI=1S/C17H22N2O4/c1-12(14-7-4-10-22-14)18-16(20)8-9-19-13-5-2-3-6-15(13)23-11-17(19)21/h2-3,5-6,12,14H,4,7-11H2,1H3,(H,18,20)/t12-,14-/m1/s1. The number of carbonyl (C=O) groups excluding carboxylic acids is 2. The Bertz CT molecular complexity index is 584. The van der Waals surface area contributed by atoms with E-state index >= 15 is 0 Å². The summed E-state index contributed by atoms with van der Waals surface area (Å²) in [5.41, 5.74) is 0.726. The Morgan fingerprint density at radius 1 is 1.43 bits per heavy atom. The molecule has 6 nitrogen and oxygen atoms in total. The summed E-state index contributed by atoms with van der Waals surface area (Å²) in [6.45, 7) is 3.10. The summed E-state index contributed by atoms with van der Waals surface area (Å²) in [7, 11) is 0. The second-order valence-electron chi connectivity index (χ2n) is 5.96.